The van der Waals surface area contributed by atoms with Crippen LogP contribution in [0.5, 0.6) is 0 Å². The second kappa shape index (κ2) is 3.61. The van der Waals surface area contributed by atoms with Gasteiger partial charge in [0, 0.05) is 4.47 Å². The average Bonchev–Trinajstić information content (AvgIpc) is 2.17. The summed E-state index contributed by atoms with van der Waals surface area (Å²) < 4.78 is 0.968. The molecule has 0 saturated heterocycles. The van der Waals surface area contributed by atoms with Gasteiger partial charge in [-0.05, 0) is 42.5 Å². The predicted octanol–water partition coefficient (Wildman–Crippen LogP) is 2.02. The smallest absolute Gasteiger partial charge is 0.328 e. The van der Waals surface area contributed by atoms with E-state index in [0.29, 0.717) is 6.42 Å². The van der Waals surface area contributed by atoms with E-state index in [0.717, 1.165) is 28.4 Å². The molecular weight excluding hydrogens is 258 g/mol. The molecule has 3 N–H and O–H groups in total. The first kappa shape index (κ1) is 10.6. The standard InChI is InChI=1S/C11H12BrNO2/c12-8-3-4-9-7(6-8)2-1-5-11(9,13)10(14)15/h3-4,6H,1-2,5,13H2,(H,14,15). The number of carboxylic acid groups (broad SMARTS) is 1. The third-order valence-corrected chi connectivity index (χ3v) is 3.44. The summed E-state index contributed by atoms with van der Waals surface area (Å²) in [5.41, 5.74) is 6.54. The lowest BCUT2D eigenvalue weighted by atomic mass is 9.77. The number of hydrogen-bond acceptors (Lipinski definition) is 2. The van der Waals surface area contributed by atoms with E-state index in [1.165, 1.54) is 0 Å². The topological polar surface area (TPSA) is 63.3 Å². The molecule has 4 heteroatoms. The minimum atomic E-state index is -1.20. The maximum absolute atomic E-state index is 11.2. The molecule has 0 fully saturated rings. The van der Waals surface area contributed by atoms with E-state index in [2.05, 4.69) is 15.9 Å². The van der Waals surface area contributed by atoms with Gasteiger partial charge < -0.3 is 10.8 Å². The number of fused-ring (bicyclic) bond motifs is 1. The Bertz CT molecular complexity index is 419. The van der Waals surface area contributed by atoms with Crippen molar-refractivity contribution in [2.24, 2.45) is 5.73 Å². The van der Waals surface area contributed by atoms with Crippen LogP contribution in [0.4, 0.5) is 0 Å². The molecule has 0 saturated carbocycles. The van der Waals surface area contributed by atoms with Gasteiger partial charge in [-0.2, -0.15) is 0 Å². The number of carboxylic acids is 1. The molecule has 1 aliphatic carbocycles. The fourth-order valence-electron chi connectivity index (χ4n) is 2.12. The second-order valence-electron chi connectivity index (χ2n) is 3.93. The van der Waals surface area contributed by atoms with Gasteiger partial charge in [0.25, 0.3) is 0 Å². The predicted molar refractivity (Wildman–Crippen MR) is 60.6 cm³/mol. The quantitative estimate of drug-likeness (QED) is 0.820. The Balaban J connectivity index is 2.56. The first-order valence-electron chi connectivity index (χ1n) is 4.85. The van der Waals surface area contributed by atoms with Gasteiger partial charge in [-0.3, -0.25) is 0 Å². The highest BCUT2D eigenvalue weighted by molar-refractivity contribution is 9.10. The van der Waals surface area contributed by atoms with Crippen molar-refractivity contribution in [3.8, 4) is 0 Å². The number of carbonyl (C=O) groups is 1. The molecule has 1 aromatic carbocycles. The second-order valence-corrected chi connectivity index (χ2v) is 4.85. The van der Waals surface area contributed by atoms with Crippen LogP contribution in [0.3, 0.4) is 0 Å². The van der Waals surface area contributed by atoms with Crippen molar-refractivity contribution in [2.75, 3.05) is 0 Å². The highest BCUT2D eigenvalue weighted by Crippen LogP contribution is 2.34. The Kier molecular flexibility index (Phi) is 2.56. The van der Waals surface area contributed by atoms with Gasteiger partial charge >= 0.3 is 5.97 Å². The van der Waals surface area contributed by atoms with Crippen LogP contribution in [0.15, 0.2) is 22.7 Å². The summed E-state index contributed by atoms with van der Waals surface area (Å²) in [5, 5.41) is 9.18. The van der Waals surface area contributed by atoms with E-state index < -0.39 is 11.5 Å². The number of hydrogen-bond donors (Lipinski definition) is 2. The molecular formula is C11H12BrNO2. The molecule has 1 aromatic rings. The van der Waals surface area contributed by atoms with Crippen LogP contribution in [-0.4, -0.2) is 11.1 Å². The highest BCUT2D eigenvalue weighted by Gasteiger charge is 2.39. The monoisotopic (exact) mass is 269 g/mol. The summed E-state index contributed by atoms with van der Waals surface area (Å²) in [5.74, 6) is -0.939. The van der Waals surface area contributed by atoms with E-state index in [9.17, 15) is 9.90 Å². The number of nitrogens with two attached hydrogens (primary N) is 1. The zero-order chi connectivity index (χ0) is 11.1. The van der Waals surface area contributed by atoms with Crippen molar-refractivity contribution >= 4 is 21.9 Å². The van der Waals surface area contributed by atoms with Crippen molar-refractivity contribution in [3.63, 3.8) is 0 Å². The Morgan fingerprint density at radius 3 is 2.93 bits per heavy atom. The summed E-state index contributed by atoms with van der Waals surface area (Å²) in [7, 11) is 0. The molecule has 2 rings (SSSR count). The fourth-order valence-corrected chi connectivity index (χ4v) is 2.53. The molecule has 0 aromatic heterocycles. The van der Waals surface area contributed by atoms with Crippen molar-refractivity contribution in [2.45, 2.75) is 24.8 Å². The number of rotatable bonds is 1. The van der Waals surface area contributed by atoms with Crippen LogP contribution in [0.25, 0.3) is 0 Å². The SMILES string of the molecule is NC1(C(=O)O)CCCc2cc(Br)ccc21. The summed E-state index contributed by atoms with van der Waals surface area (Å²) >= 11 is 3.38. The van der Waals surface area contributed by atoms with Crippen LogP contribution in [0.2, 0.25) is 0 Å². The summed E-state index contributed by atoms with van der Waals surface area (Å²) in [6, 6.07) is 5.61. The van der Waals surface area contributed by atoms with Crippen LogP contribution in [0.1, 0.15) is 24.0 Å². The Hall–Kier alpha value is -0.870. The molecule has 15 heavy (non-hydrogen) atoms. The van der Waals surface area contributed by atoms with E-state index in [1.54, 1.807) is 0 Å². The molecule has 1 atom stereocenters. The number of benzene rings is 1. The van der Waals surface area contributed by atoms with Gasteiger partial charge in [0.2, 0.25) is 0 Å². The van der Waals surface area contributed by atoms with Crippen LogP contribution in [-0.2, 0) is 16.8 Å². The molecule has 1 aliphatic rings. The van der Waals surface area contributed by atoms with E-state index in [-0.39, 0.29) is 0 Å². The van der Waals surface area contributed by atoms with Crippen molar-refractivity contribution < 1.29 is 9.90 Å². The Morgan fingerprint density at radius 2 is 2.27 bits per heavy atom. The van der Waals surface area contributed by atoms with Gasteiger partial charge in [0.1, 0.15) is 5.54 Å². The van der Waals surface area contributed by atoms with Gasteiger partial charge in [-0.25, -0.2) is 4.79 Å². The molecule has 0 radical (unpaired) electrons. The first-order valence-corrected chi connectivity index (χ1v) is 5.64. The van der Waals surface area contributed by atoms with Gasteiger partial charge in [-0.1, -0.05) is 22.0 Å². The third kappa shape index (κ3) is 1.68. The largest absolute Gasteiger partial charge is 0.480 e. The Labute approximate surface area is 96.4 Å². The van der Waals surface area contributed by atoms with Crippen molar-refractivity contribution in [3.05, 3.63) is 33.8 Å². The lowest BCUT2D eigenvalue weighted by Crippen LogP contribution is -2.47. The first-order chi connectivity index (χ1) is 7.04. The van der Waals surface area contributed by atoms with Crippen molar-refractivity contribution in [1.29, 1.82) is 0 Å². The molecule has 80 valence electrons. The van der Waals surface area contributed by atoms with Crippen LogP contribution in [0, 0.1) is 0 Å². The van der Waals surface area contributed by atoms with Crippen molar-refractivity contribution in [1.82, 2.24) is 0 Å². The van der Waals surface area contributed by atoms with E-state index in [4.69, 9.17) is 5.73 Å². The summed E-state index contributed by atoms with van der Waals surface area (Å²) in [4.78, 5) is 11.2. The van der Waals surface area contributed by atoms with Crippen LogP contribution < -0.4 is 5.73 Å². The normalized spacial score (nSPS) is 24.7. The number of halogens is 1. The Morgan fingerprint density at radius 1 is 1.53 bits per heavy atom. The lowest BCUT2D eigenvalue weighted by molar-refractivity contribution is -0.144. The molecule has 0 bridgehead atoms. The molecule has 3 nitrogen and oxygen atoms in total. The van der Waals surface area contributed by atoms with Gasteiger partial charge in [0.15, 0.2) is 0 Å². The zero-order valence-corrected chi connectivity index (χ0v) is 9.75. The minimum Gasteiger partial charge on any atom is -0.480 e. The third-order valence-electron chi connectivity index (χ3n) is 2.95. The highest BCUT2D eigenvalue weighted by atomic mass is 79.9. The van der Waals surface area contributed by atoms with Gasteiger partial charge in [0.05, 0.1) is 0 Å². The van der Waals surface area contributed by atoms with Crippen LogP contribution >= 0.6 is 15.9 Å². The average molecular weight is 270 g/mol. The molecule has 0 amide bonds. The molecule has 1 unspecified atom stereocenters. The maximum Gasteiger partial charge on any atom is 0.328 e. The maximum atomic E-state index is 11.2. The van der Waals surface area contributed by atoms with E-state index in [1.807, 2.05) is 18.2 Å². The number of aliphatic carboxylic acids is 1. The number of aryl methyl sites for hydroxylation is 1. The summed E-state index contributed by atoms with van der Waals surface area (Å²) in [6.45, 7) is 0. The summed E-state index contributed by atoms with van der Waals surface area (Å²) in [6.07, 6.45) is 2.24. The fraction of sp³-hybridized carbons (Fsp3) is 0.364. The minimum absolute atomic E-state index is 0.511. The van der Waals surface area contributed by atoms with Gasteiger partial charge in [-0.15, -0.1) is 0 Å². The molecule has 0 aliphatic heterocycles. The van der Waals surface area contributed by atoms with E-state index >= 15 is 0 Å². The lowest BCUT2D eigenvalue weighted by Gasteiger charge is -2.31. The molecule has 0 heterocycles. The zero-order valence-electron chi connectivity index (χ0n) is 8.16. The molecule has 0 spiro atoms.